The molecular weight excluding hydrogens is 390 g/mol. The molecule has 2 heterocycles. The summed E-state index contributed by atoms with van der Waals surface area (Å²) >= 11 is 0. The summed E-state index contributed by atoms with van der Waals surface area (Å²) in [6.07, 6.45) is 3.21. The van der Waals surface area contributed by atoms with Crippen molar-refractivity contribution in [3.05, 3.63) is 47.0 Å². The number of rotatable bonds is 6. The van der Waals surface area contributed by atoms with Crippen molar-refractivity contribution >= 4 is 26.7 Å². The van der Waals surface area contributed by atoms with E-state index in [0.717, 1.165) is 12.8 Å². The Bertz CT molecular complexity index is 1250. The minimum atomic E-state index is -3.57. The first-order chi connectivity index (χ1) is 13.7. The van der Waals surface area contributed by atoms with Crippen LogP contribution < -0.4 is 15.6 Å². The predicted molar refractivity (Wildman–Crippen MR) is 112 cm³/mol. The zero-order valence-electron chi connectivity index (χ0n) is 16.5. The monoisotopic (exact) mass is 413 g/mol. The van der Waals surface area contributed by atoms with Crippen molar-refractivity contribution in [1.82, 2.24) is 19.3 Å². The van der Waals surface area contributed by atoms with Crippen LogP contribution in [0, 0.1) is 0 Å². The number of aryl methyl sites for hydroxylation is 1. The molecule has 0 saturated heterocycles. The van der Waals surface area contributed by atoms with Gasteiger partial charge in [-0.1, -0.05) is 12.1 Å². The van der Waals surface area contributed by atoms with Gasteiger partial charge in [0.15, 0.2) is 0 Å². The molecule has 0 spiro atoms. The van der Waals surface area contributed by atoms with Crippen LogP contribution in [0.15, 0.2) is 46.3 Å². The van der Waals surface area contributed by atoms with E-state index in [2.05, 4.69) is 20.0 Å². The number of sulfonamides is 1. The lowest BCUT2D eigenvalue weighted by Crippen LogP contribution is -2.25. The molecule has 152 valence electrons. The predicted octanol–water partition coefficient (Wildman–Crippen LogP) is 2.26. The molecule has 9 heteroatoms. The van der Waals surface area contributed by atoms with Crippen molar-refractivity contribution in [2.75, 3.05) is 5.32 Å². The first-order valence-electron chi connectivity index (χ1n) is 9.50. The van der Waals surface area contributed by atoms with Gasteiger partial charge in [0.05, 0.1) is 22.4 Å². The van der Waals surface area contributed by atoms with E-state index in [1.165, 1.54) is 10.9 Å². The Kier molecular flexibility index (Phi) is 4.87. The molecule has 0 radical (unpaired) electrons. The molecule has 3 aromatic rings. The second kappa shape index (κ2) is 7.23. The van der Waals surface area contributed by atoms with Crippen LogP contribution in [0.2, 0.25) is 0 Å². The Morgan fingerprint density at radius 3 is 2.66 bits per heavy atom. The Hall–Kier alpha value is -2.78. The number of anilines is 1. The first-order valence-corrected chi connectivity index (χ1v) is 11.0. The van der Waals surface area contributed by atoms with E-state index in [0.29, 0.717) is 28.0 Å². The zero-order chi connectivity index (χ0) is 20.8. The fraction of sp³-hybridized carbons (Fsp3) is 0.350. The van der Waals surface area contributed by atoms with Crippen molar-refractivity contribution in [1.29, 1.82) is 0 Å². The average molecular weight is 414 g/mol. The van der Waals surface area contributed by atoms with Gasteiger partial charge in [0.25, 0.3) is 5.56 Å². The molecule has 2 aromatic heterocycles. The normalized spacial score (nSPS) is 14.5. The molecule has 8 nitrogen and oxygen atoms in total. The van der Waals surface area contributed by atoms with E-state index < -0.39 is 10.0 Å². The van der Waals surface area contributed by atoms with Crippen LogP contribution in [0.5, 0.6) is 0 Å². The summed E-state index contributed by atoms with van der Waals surface area (Å²) in [6.45, 7) is 3.91. The Labute approximate surface area is 169 Å². The van der Waals surface area contributed by atoms with E-state index in [1.54, 1.807) is 37.4 Å². The number of nitrogens with zero attached hydrogens (tertiary/aromatic N) is 3. The van der Waals surface area contributed by atoms with Gasteiger partial charge >= 0.3 is 0 Å². The number of nitrogens with one attached hydrogen (secondary N) is 2. The molecule has 0 atom stereocenters. The first kappa shape index (κ1) is 19.5. The number of pyridine rings is 1. The maximum atomic E-state index is 12.6. The van der Waals surface area contributed by atoms with Crippen LogP contribution in [0.4, 0.5) is 5.82 Å². The molecule has 0 aliphatic heterocycles. The van der Waals surface area contributed by atoms with E-state index >= 15 is 0 Å². The smallest absolute Gasteiger partial charge is 0.264 e. The molecule has 1 saturated carbocycles. The third-order valence-corrected chi connectivity index (χ3v) is 6.19. The quantitative estimate of drug-likeness (QED) is 0.642. The highest BCUT2D eigenvalue weighted by atomic mass is 32.2. The molecule has 1 fully saturated rings. The lowest BCUT2D eigenvalue weighted by atomic mass is 10.1. The summed E-state index contributed by atoms with van der Waals surface area (Å²) in [5.74, 6) is 0.436. The van der Waals surface area contributed by atoms with Crippen LogP contribution in [0.3, 0.4) is 0 Å². The summed E-state index contributed by atoms with van der Waals surface area (Å²) in [7, 11) is -1.93. The molecule has 0 unspecified atom stereocenters. The van der Waals surface area contributed by atoms with Gasteiger partial charge in [-0.25, -0.2) is 23.1 Å². The fourth-order valence-electron chi connectivity index (χ4n) is 3.06. The summed E-state index contributed by atoms with van der Waals surface area (Å²) in [4.78, 5) is 21.8. The lowest BCUT2D eigenvalue weighted by molar-refractivity contribution is 0.581. The SMILES string of the molecule is CC(C)Nc1nc(-c2cccc(S(=O)(=O)NC3CC3)c2)cc2ncn(C)c(=O)c12. The van der Waals surface area contributed by atoms with Crippen LogP contribution in [-0.2, 0) is 17.1 Å². The third kappa shape index (κ3) is 4.01. The topological polar surface area (TPSA) is 106 Å². The maximum Gasteiger partial charge on any atom is 0.264 e. The van der Waals surface area contributed by atoms with Gasteiger partial charge in [-0.15, -0.1) is 0 Å². The van der Waals surface area contributed by atoms with Gasteiger partial charge in [-0.3, -0.25) is 4.79 Å². The number of hydrogen-bond donors (Lipinski definition) is 2. The van der Waals surface area contributed by atoms with Gasteiger partial charge in [-0.05, 0) is 44.9 Å². The van der Waals surface area contributed by atoms with E-state index in [-0.39, 0.29) is 22.5 Å². The number of aromatic nitrogens is 3. The Balaban J connectivity index is 1.85. The minimum absolute atomic E-state index is 0.0321. The average Bonchev–Trinajstić information content (AvgIpc) is 3.47. The number of benzene rings is 1. The van der Waals surface area contributed by atoms with E-state index in [1.807, 2.05) is 13.8 Å². The van der Waals surface area contributed by atoms with E-state index in [4.69, 9.17) is 0 Å². The zero-order valence-corrected chi connectivity index (χ0v) is 17.3. The Morgan fingerprint density at radius 1 is 1.21 bits per heavy atom. The fourth-order valence-corrected chi connectivity index (χ4v) is 4.41. The van der Waals surface area contributed by atoms with Gasteiger partial charge in [0, 0.05) is 24.7 Å². The van der Waals surface area contributed by atoms with Crippen molar-refractivity contribution in [3.8, 4) is 11.3 Å². The molecule has 1 aliphatic rings. The van der Waals surface area contributed by atoms with Crippen LogP contribution in [0.1, 0.15) is 26.7 Å². The highest BCUT2D eigenvalue weighted by molar-refractivity contribution is 7.89. The molecule has 29 heavy (non-hydrogen) atoms. The van der Waals surface area contributed by atoms with Crippen molar-refractivity contribution in [2.45, 2.75) is 43.7 Å². The molecule has 1 aromatic carbocycles. The minimum Gasteiger partial charge on any atom is -0.367 e. The summed E-state index contributed by atoms with van der Waals surface area (Å²) in [5, 5.41) is 3.62. The van der Waals surface area contributed by atoms with Gasteiger partial charge in [0.2, 0.25) is 10.0 Å². The second-order valence-electron chi connectivity index (χ2n) is 7.63. The highest BCUT2D eigenvalue weighted by Crippen LogP contribution is 2.28. The second-order valence-corrected chi connectivity index (χ2v) is 9.35. The maximum absolute atomic E-state index is 12.6. The number of fused-ring (bicyclic) bond motifs is 1. The Morgan fingerprint density at radius 2 is 1.97 bits per heavy atom. The molecule has 4 rings (SSSR count). The standard InChI is InChI=1S/C20H23N5O3S/c1-12(2)22-19-18-17(21-11-25(3)20(18)26)10-16(23-19)13-5-4-6-15(9-13)29(27,28)24-14-7-8-14/h4-6,9-12,14,24H,7-8H2,1-3H3,(H,22,23). The van der Waals surface area contributed by atoms with Gasteiger partial charge in [0.1, 0.15) is 11.2 Å². The molecule has 0 amide bonds. The molecular formula is C20H23N5O3S. The summed E-state index contributed by atoms with van der Waals surface area (Å²) in [5.41, 5.74) is 1.50. The third-order valence-electron chi connectivity index (χ3n) is 4.67. The van der Waals surface area contributed by atoms with Gasteiger partial charge in [-0.2, -0.15) is 0 Å². The number of hydrogen-bond acceptors (Lipinski definition) is 6. The van der Waals surface area contributed by atoms with Crippen molar-refractivity contribution < 1.29 is 8.42 Å². The van der Waals surface area contributed by atoms with Crippen molar-refractivity contribution in [2.24, 2.45) is 7.05 Å². The summed E-state index contributed by atoms with van der Waals surface area (Å²) in [6, 6.07) is 8.45. The highest BCUT2D eigenvalue weighted by Gasteiger charge is 2.28. The molecule has 0 bridgehead atoms. The van der Waals surface area contributed by atoms with Crippen LogP contribution in [-0.4, -0.2) is 35.0 Å². The van der Waals surface area contributed by atoms with Gasteiger partial charge < -0.3 is 9.88 Å². The van der Waals surface area contributed by atoms with Crippen LogP contribution >= 0.6 is 0 Å². The molecule has 1 aliphatic carbocycles. The van der Waals surface area contributed by atoms with Crippen molar-refractivity contribution in [3.63, 3.8) is 0 Å². The van der Waals surface area contributed by atoms with Crippen LogP contribution in [0.25, 0.3) is 22.2 Å². The lowest BCUT2D eigenvalue weighted by Gasteiger charge is -2.14. The summed E-state index contributed by atoms with van der Waals surface area (Å²) < 4.78 is 29.2. The largest absolute Gasteiger partial charge is 0.367 e. The van der Waals surface area contributed by atoms with E-state index in [9.17, 15) is 13.2 Å². The molecule has 2 N–H and O–H groups in total.